The second-order valence-electron chi connectivity index (χ2n) is 9.83. The van der Waals surface area contributed by atoms with E-state index >= 15 is 0 Å². The van der Waals surface area contributed by atoms with E-state index in [1.165, 1.54) is 33.5 Å². The molecule has 2 heterocycles. The molecule has 1 unspecified atom stereocenters. The Bertz CT molecular complexity index is 1200. The minimum atomic E-state index is -0.531. The molecule has 2 N–H and O–H groups in total. The largest absolute Gasteiger partial charge is 0.491 e. The molecule has 0 spiro atoms. The molecule has 188 valence electrons. The van der Waals surface area contributed by atoms with Crippen molar-refractivity contribution in [3.63, 3.8) is 0 Å². The van der Waals surface area contributed by atoms with Crippen molar-refractivity contribution in [2.45, 2.75) is 38.2 Å². The van der Waals surface area contributed by atoms with Gasteiger partial charge in [0, 0.05) is 42.5 Å². The van der Waals surface area contributed by atoms with Crippen LogP contribution in [0.2, 0.25) is 5.02 Å². The first-order valence-electron chi connectivity index (χ1n) is 13.0. The minimum absolute atomic E-state index is 0.291. The Hall–Kier alpha value is -2.79. The van der Waals surface area contributed by atoms with E-state index < -0.39 is 6.10 Å². The monoisotopic (exact) mass is 502 g/mol. The zero-order valence-electron chi connectivity index (χ0n) is 20.8. The van der Waals surface area contributed by atoms with Crippen molar-refractivity contribution in [1.29, 1.82) is 0 Å². The van der Waals surface area contributed by atoms with Gasteiger partial charge in [-0.1, -0.05) is 59.7 Å². The van der Waals surface area contributed by atoms with Crippen LogP contribution in [-0.2, 0) is 12.8 Å². The van der Waals surface area contributed by atoms with Gasteiger partial charge in [-0.2, -0.15) is 0 Å². The van der Waals surface area contributed by atoms with Crippen molar-refractivity contribution >= 4 is 17.2 Å². The summed E-state index contributed by atoms with van der Waals surface area (Å²) >= 11 is 6.37. The minimum Gasteiger partial charge on any atom is -0.491 e. The number of dihydropyridines is 1. The van der Waals surface area contributed by atoms with Gasteiger partial charge in [0.05, 0.1) is 0 Å². The van der Waals surface area contributed by atoms with Crippen molar-refractivity contribution in [2.24, 2.45) is 0 Å². The smallest absolute Gasteiger partial charge is 0.122 e. The highest BCUT2D eigenvalue weighted by atomic mass is 35.5. The Labute approximate surface area is 219 Å². The van der Waals surface area contributed by atoms with Gasteiger partial charge >= 0.3 is 0 Å². The standard InChI is InChI=1S/C31H35ClN2O2/c1-2-6-22-7-3-4-9-29(22)36-21-27(35)20-34-17-14-23(15-18-34)30-28-13-12-26(32)19-25(28)11-10-24-8-5-16-33-31(24)30/h2-5,7-9,12-13,19,27,33,35H,1,6,10-11,14-18,20-21H2. The maximum absolute atomic E-state index is 10.7. The van der Waals surface area contributed by atoms with Crippen molar-refractivity contribution in [1.82, 2.24) is 10.2 Å². The molecule has 2 aromatic carbocycles. The van der Waals surface area contributed by atoms with Gasteiger partial charge in [-0.15, -0.1) is 6.58 Å². The van der Waals surface area contributed by atoms with Crippen LogP contribution < -0.4 is 10.1 Å². The van der Waals surface area contributed by atoms with Crippen LogP contribution in [0, 0.1) is 0 Å². The zero-order chi connectivity index (χ0) is 24.9. The SMILES string of the molecule is C=CCc1ccccc1OCC(O)CN1CCC(=C2C3=C(C=CCN3)CCc3cc(Cl)ccc32)CC1. The molecule has 4 nitrogen and oxygen atoms in total. The van der Waals surface area contributed by atoms with Gasteiger partial charge in [-0.05, 0) is 72.6 Å². The van der Waals surface area contributed by atoms with Crippen LogP contribution in [0.25, 0.3) is 5.57 Å². The van der Waals surface area contributed by atoms with E-state index in [1.54, 1.807) is 0 Å². The average Bonchev–Trinajstić information content (AvgIpc) is 3.05. The summed E-state index contributed by atoms with van der Waals surface area (Å²) in [6, 6.07) is 14.3. The topological polar surface area (TPSA) is 44.7 Å². The van der Waals surface area contributed by atoms with E-state index in [1.807, 2.05) is 36.4 Å². The van der Waals surface area contributed by atoms with E-state index in [-0.39, 0.29) is 0 Å². The molecular weight excluding hydrogens is 468 g/mol. The lowest BCUT2D eigenvalue weighted by molar-refractivity contribution is 0.0653. The number of piperidine rings is 1. The lowest BCUT2D eigenvalue weighted by atomic mass is 9.88. The zero-order valence-corrected chi connectivity index (χ0v) is 21.6. The molecule has 5 rings (SSSR count). The van der Waals surface area contributed by atoms with Gasteiger partial charge in [0.1, 0.15) is 18.5 Å². The van der Waals surface area contributed by atoms with Crippen molar-refractivity contribution in [3.8, 4) is 5.75 Å². The van der Waals surface area contributed by atoms with E-state index in [0.29, 0.717) is 13.2 Å². The Morgan fingerprint density at radius 2 is 1.94 bits per heavy atom. The molecule has 3 aliphatic rings. The number of likely N-dealkylation sites (tertiary alicyclic amines) is 1. The number of nitrogens with one attached hydrogen (secondary N) is 1. The Kier molecular flexibility index (Phi) is 7.96. The maximum Gasteiger partial charge on any atom is 0.122 e. The fourth-order valence-electron chi connectivity index (χ4n) is 5.56. The van der Waals surface area contributed by atoms with Gasteiger partial charge in [0.15, 0.2) is 0 Å². The summed E-state index contributed by atoms with van der Waals surface area (Å²) in [5.74, 6) is 0.826. The highest BCUT2D eigenvalue weighted by Crippen LogP contribution is 2.40. The lowest BCUT2D eigenvalue weighted by Crippen LogP contribution is -2.39. The summed E-state index contributed by atoms with van der Waals surface area (Å²) < 4.78 is 5.97. The van der Waals surface area contributed by atoms with E-state index in [0.717, 1.165) is 68.1 Å². The molecule has 1 atom stereocenters. The highest BCUT2D eigenvalue weighted by Gasteiger charge is 2.27. The number of allylic oxidation sites excluding steroid dienone is 4. The Balaban J connectivity index is 1.27. The van der Waals surface area contributed by atoms with Crippen LogP contribution in [-0.4, -0.2) is 48.9 Å². The van der Waals surface area contributed by atoms with Crippen LogP contribution in [0.15, 0.2) is 84.1 Å². The third-order valence-electron chi connectivity index (χ3n) is 7.34. The molecule has 1 saturated heterocycles. The van der Waals surface area contributed by atoms with Gasteiger partial charge in [-0.3, -0.25) is 4.90 Å². The summed E-state index contributed by atoms with van der Waals surface area (Å²) in [7, 11) is 0. The molecule has 0 bridgehead atoms. The fourth-order valence-corrected chi connectivity index (χ4v) is 5.76. The molecule has 1 fully saturated rings. The van der Waals surface area contributed by atoms with E-state index in [2.05, 4.69) is 41.1 Å². The second kappa shape index (κ2) is 11.5. The van der Waals surface area contributed by atoms with Crippen molar-refractivity contribution in [3.05, 3.63) is 106 Å². The third kappa shape index (κ3) is 5.62. The number of aliphatic hydroxyl groups is 1. The number of aryl methyl sites for hydroxylation is 1. The summed E-state index contributed by atoms with van der Waals surface area (Å²) in [6.45, 7) is 7.47. The number of aliphatic hydroxyl groups excluding tert-OH is 1. The van der Waals surface area contributed by atoms with Crippen LogP contribution in [0.4, 0.5) is 0 Å². The first kappa shape index (κ1) is 24.9. The molecular formula is C31H35ClN2O2. The number of ether oxygens (including phenoxy) is 1. The van der Waals surface area contributed by atoms with Crippen molar-refractivity contribution < 1.29 is 9.84 Å². The predicted octanol–water partition coefficient (Wildman–Crippen LogP) is 5.72. The van der Waals surface area contributed by atoms with E-state index in [4.69, 9.17) is 16.3 Å². The first-order chi connectivity index (χ1) is 17.6. The Morgan fingerprint density at radius 3 is 2.78 bits per heavy atom. The molecule has 5 heteroatoms. The lowest BCUT2D eigenvalue weighted by Gasteiger charge is -2.32. The number of fused-ring (bicyclic) bond motifs is 1. The summed E-state index contributed by atoms with van der Waals surface area (Å²) in [6.07, 6.45) is 10.6. The first-order valence-corrected chi connectivity index (χ1v) is 13.4. The fraction of sp³-hybridized carbons (Fsp3) is 0.355. The normalized spacial score (nSPS) is 18.7. The molecule has 0 saturated carbocycles. The van der Waals surface area contributed by atoms with Crippen LogP contribution in [0.1, 0.15) is 36.0 Å². The predicted molar refractivity (Wildman–Crippen MR) is 148 cm³/mol. The Morgan fingerprint density at radius 1 is 1.11 bits per heavy atom. The number of hydrogen-bond acceptors (Lipinski definition) is 4. The van der Waals surface area contributed by atoms with Gasteiger partial charge in [0.2, 0.25) is 0 Å². The molecule has 36 heavy (non-hydrogen) atoms. The second-order valence-corrected chi connectivity index (χ2v) is 10.3. The van der Waals surface area contributed by atoms with Crippen LogP contribution >= 0.6 is 11.6 Å². The van der Waals surface area contributed by atoms with Gasteiger partial charge in [0.25, 0.3) is 0 Å². The van der Waals surface area contributed by atoms with Gasteiger partial charge < -0.3 is 15.2 Å². The van der Waals surface area contributed by atoms with Gasteiger partial charge in [-0.25, -0.2) is 0 Å². The molecule has 2 aromatic rings. The number of rotatable bonds is 7. The number of nitrogens with zero attached hydrogens (tertiary/aromatic N) is 1. The number of β-amino-alcohol motifs (C(OH)–C–C–N with tert-alkyl or cyclic N) is 1. The van der Waals surface area contributed by atoms with Crippen LogP contribution in [0.3, 0.4) is 0 Å². The molecule has 0 amide bonds. The number of benzene rings is 2. The summed E-state index contributed by atoms with van der Waals surface area (Å²) in [4.78, 5) is 2.36. The summed E-state index contributed by atoms with van der Waals surface area (Å²) in [5.41, 5.74) is 9.32. The molecule has 2 aliphatic heterocycles. The number of hydrogen-bond donors (Lipinski definition) is 2. The quantitative estimate of drug-likeness (QED) is 0.475. The molecule has 1 aliphatic carbocycles. The van der Waals surface area contributed by atoms with E-state index in [9.17, 15) is 5.11 Å². The average molecular weight is 503 g/mol. The highest BCUT2D eigenvalue weighted by molar-refractivity contribution is 6.30. The van der Waals surface area contributed by atoms with Crippen LogP contribution in [0.5, 0.6) is 5.75 Å². The molecule has 0 radical (unpaired) electrons. The molecule has 0 aromatic heterocycles. The number of halogens is 1. The summed E-state index contributed by atoms with van der Waals surface area (Å²) in [5, 5.41) is 15.2. The number of para-hydroxylation sites is 1. The maximum atomic E-state index is 10.7. The van der Waals surface area contributed by atoms with Crippen molar-refractivity contribution in [2.75, 3.05) is 32.8 Å². The third-order valence-corrected chi connectivity index (χ3v) is 7.57.